The zero-order valence-corrected chi connectivity index (χ0v) is 7.50. The molecule has 0 aromatic rings. The van der Waals surface area contributed by atoms with Gasteiger partial charge in [-0.25, -0.2) is 0 Å². The van der Waals surface area contributed by atoms with Gasteiger partial charge in [-0.05, 0) is 37.5 Å². The molecule has 2 aliphatic carbocycles. The van der Waals surface area contributed by atoms with Gasteiger partial charge in [0.05, 0.1) is 0 Å². The Labute approximate surface area is 74.7 Å². The lowest BCUT2D eigenvalue weighted by Gasteiger charge is -2.16. The van der Waals surface area contributed by atoms with Crippen LogP contribution in [-0.2, 0) is 0 Å². The summed E-state index contributed by atoms with van der Waals surface area (Å²) in [4.78, 5) is 0. The van der Waals surface area contributed by atoms with Crippen LogP contribution in [-0.4, -0.2) is 0 Å². The highest BCUT2D eigenvalue weighted by Crippen LogP contribution is 2.42. The highest BCUT2D eigenvalue weighted by Gasteiger charge is 2.28. The molecule has 12 heavy (non-hydrogen) atoms. The minimum atomic E-state index is 0.817. The van der Waals surface area contributed by atoms with Gasteiger partial charge in [0.2, 0.25) is 0 Å². The molecule has 1 saturated carbocycles. The van der Waals surface area contributed by atoms with Crippen molar-refractivity contribution in [2.75, 3.05) is 0 Å². The zero-order valence-electron chi connectivity index (χ0n) is 7.50. The minimum Gasteiger partial charge on any atom is -0.103 e. The monoisotopic (exact) mass is 160 g/mol. The van der Waals surface area contributed by atoms with Crippen LogP contribution in [0.3, 0.4) is 0 Å². The second-order valence-corrected chi connectivity index (χ2v) is 3.83. The predicted molar refractivity (Wildman–Crippen MR) is 52.9 cm³/mol. The van der Waals surface area contributed by atoms with Crippen LogP contribution >= 0.6 is 0 Å². The van der Waals surface area contributed by atoms with Gasteiger partial charge in [-0.2, -0.15) is 0 Å². The predicted octanol–water partition coefficient (Wildman–Crippen LogP) is 3.48. The Balaban J connectivity index is 2.13. The maximum Gasteiger partial charge on any atom is -0.0162 e. The molecule has 2 unspecified atom stereocenters. The first kappa shape index (κ1) is 7.85. The minimum absolute atomic E-state index is 0.817. The van der Waals surface area contributed by atoms with E-state index < -0.39 is 0 Å². The van der Waals surface area contributed by atoms with Crippen LogP contribution < -0.4 is 0 Å². The molecule has 0 saturated heterocycles. The summed E-state index contributed by atoms with van der Waals surface area (Å²) in [6.45, 7) is 3.82. The molecule has 0 aliphatic heterocycles. The van der Waals surface area contributed by atoms with Crippen molar-refractivity contribution in [3.05, 3.63) is 36.5 Å². The van der Waals surface area contributed by atoms with E-state index in [4.69, 9.17) is 0 Å². The fraction of sp³-hybridized carbons (Fsp3) is 0.500. The largest absolute Gasteiger partial charge is 0.103 e. The van der Waals surface area contributed by atoms with Crippen molar-refractivity contribution in [1.29, 1.82) is 0 Å². The fourth-order valence-corrected chi connectivity index (χ4v) is 2.47. The quantitative estimate of drug-likeness (QED) is 0.542. The Morgan fingerprint density at radius 1 is 1.50 bits per heavy atom. The molecule has 0 N–H and O–H groups in total. The topological polar surface area (TPSA) is 0 Å². The SMILES string of the molecule is C=CCC1CCC2CC=CC=C12. The van der Waals surface area contributed by atoms with Gasteiger partial charge in [0.1, 0.15) is 0 Å². The lowest BCUT2D eigenvalue weighted by atomic mass is 9.89. The van der Waals surface area contributed by atoms with Crippen LogP contribution in [0.5, 0.6) is 0 Å². The molecule has 2 rings (SSSR count). The first-order valence-electron chi connectivity index (χ1n) is 4.89. The average molecular weight is 160 g/mol. The molecule has 64 valence electrons. The standard InChI is InChI=1S/C12H16/c1-2-5-10-8-9-11-6-3-4-7-12(10)11/h2-4,7,10-11H,1,5-6,8-9H2. The van der Waals surface area contributed by atoms with Gasteiger partial charge >= 0.3 is 0 Å². The summed E-state index contributed by atoms with van der Waals surface area (Å²) in [6.07, 6.45) is 14.1. The second-order valence-electron chi connectivity index (χ2n) is 3.83. The first-order valence-corrected chi connectivity index (χ1v) is 4.89. The van der Waals surface area contributed by atoms with Crippen LogP contribution in [0.4, 0.5) is 0 Å². The Bertz CT molecular complexity index is 232. The smallest absolute Gasteiger partial charge is 0.0162 e. The van der Waals surface area contributed by atoms with Crippen molar-refractivity contribution in [3.8, 4) is 0 Å². The maximum atomic E-state index is 3.82. The molecule has 2 aliphatic rings. The summed E-state index contributed by atoms with van der Waals surface area (Å²) in [5.41, 5.74) is 1.69. The molecule has 0 radical (unpaired) electrons. The van der Waals surface area contributed by atoms with Gasteiger partial charge < -0.3 is 0 Å². The molecule has 0 spiro atoms. The van der Waals surface area contributed by atoms with Gasteiger partial charge in [-0.3, -0.25) is 0 Å². The molecule has 0 heterocycles. The van der Waals surface area contributed by atoms with E-state index in [1.54, 1.807) is 5.57 Å². The van der Waals surface area contributed by atoms with Gasteiger partial charge in [0.15, 0.2) is 0 Å². The van der Waals surface area contributed by atoms with Crippen molar-refractivity contribution in [3.63, 3.8) is 0 Å². The van der Waals surface area contributed by atoms with E-state index in [1.165, 1.54) is 25.7 Å². The van der Waals surface area contributed by atoms with E-state index in [1.807, 2.05) is 0 Å². The van der Waals surface area contributed by atoms with E-state index in [9.17, 15) is 0 Å². The Hall–Kier alpha value is -0.780. The van der Waals surface area contributed by atoms with Gasteiger partial charge in [-0.15, -0.1) is 6.58 Å². The summed E-state index contributed by atoms with van der Waals surface area (Å²) in [5, 5.41) is 0. The molecular weight excluding hydrogens is 144 g/mol. The van der Waals surface area contributed by atoms with E-state index in [0.717, 1.165) is 11.8 Å². The van der Waals surface area contributed by atoms with Crippen LogP contribution in [0.25, 0.3) is 0 Å². The van der Waals surface area contributed by atoms with E-state index in [2.05, 4.69) is 30.9 Å². The third kappa shape index (κ3) is 1.26. The summed E-state index contributed by atoms with van der Waals surface area (Å²) in [5.74, 6) is 1.69. The molecular formula is C12H16. The molecule has 0 aromatic carbocycles. The number of fused-ring (bicyclic) bond motifs is 1. The summed E-state index contributed by atoms with van der Waals surface area (Å²) in [7, 11) is 0. The number of rotatable bonds is 2. The third-order valence-electron chi connectivity index (χ3n) is 3.10. The lowest BCUT2D eigenvalue weighted by molar-refractivity contribution is 0.628. The van der Waals surface area contributed by atoms with E-state index in [-0.39, 0.29) is 0 Å². The molecule has 0 aromatic heterocycles. The van der Waals surface area contributed by atoms with E-state index in [0.29, 0.717) is 0 Å². The average Bonchev–Trinajstić information content (AvgIpc) is 2.50. The second kappa shape index (κ2) is 3.30. The van der Waals surface area contributed by atoms with Gasteiger partial charge in [-0.1, -0.05) is 29.9 Å². The molecule has 0 heteroatoms. The van der Waals surface area contributed by atoms with Crippen molar-refractivity contribution >= 4 is 0 Å². The molecule has 2 atom stereocenters. The van der Waals surface area contributed by atoms with Crippen LogP contribution in [0, 0.1) is 11.8 Å². The summed E-state index contributed by atoms with van der Waals surface area (Å²) in [6, 6.07) is 0. The molecule has 1 fully saturated rings. The summed E-state index contributed by atoms with van der Waals surface area (Å²) < 4.78 is 0. The lowest BCUT2D eigenvalue weighted by Crippen LogP contribution is -2.03. The fourth-order valence-electron chi connectivity index (χ4n) is 2.47. The Kier molecular flexibility index (Phi) is 2.16. The van der Waals surface area contributed by atoms with Crippen molar-refractivity contribution in [2.24, 2.45) is 11.8 Å². The number of allylic oxidation sites excluding steroid dienone is 5. The summed E-state index contributed by atoms with van der Waals surface area (Å²) >= 11 is 0. The van der Waals surface area contributed by atoms with Crippen LogP contribution in [0.15, 0.2) is 36.5 Å². The zero-order chi connectivity index (χ0) is 8.39. The van der Waals surface area contributed by atoms with Crippen LogP contribution in [0.2, 0.25) is 0 Å². The Morgan fingerprint density at radius 3 is 3.25 bits per heavy atom. The molecule has 0 nitrogen and oxygen atoms in total. The van der Waals surface area contributed by atoms with Gasteiger partial charge in [0, 0.05) is 0 Å². The highest BCUT2D eigenvalue weighted by molar-refractivity contribution is 5.26. The normalized spacial score (nSPS) is 32.8. The van der Waals surface area contributed by atoms with Crippen molar-refractivity contribution < 1.29 is 0 Å². The maximum absolute atomic E-state index is 3.82. The third-order valence-corrected chi connectivity index (χ3v) is 3.10. The highest BCUT2D eigenvalue weighted by atomic mass is 14.3. The first-order chi connectivity index (χ1) is 5.92. The number of hydrogen-bond donors (Lipinski definition) is 0. The molecule has 0 amide bonds. The van der Waals surface area contributed by atoms with Crippen molar-refractivity contribution in [2.45, 2.75) is 25.7 Å². The molecule has 0 bridgehead atoms. The van der Waals surface area contributed by atoms with Crippen molar-refractivity contribution in [1.82, 2.24) is 0 Å². The van der Waals surface area contributed by atoms with Gasteiger partial charge in [0.25, 0.3) is 0 Å². The Morgan fingerprint density at radius 2 is 2.42 bits per heavy atom. The van der Waals surface area contributed by atoms with Crippen LogP contribution in [0.1, 0.15) is 25.7 Å². The number of hydrogen-bond acceptors (Lipinski definition) is 0. The van der Waals surface area contributed by atoms with E-state index >= 15 is 0 Å².